The Morgan fingerprint density at radius 3 is 2.21 bits per heavy atom. The van der Waals surface area contributed by atoms with Gasteiger partial charge in [-0.1, -0.05) is 48.5 Å². The van der Waals surface area contributed by atoms with Crippen molar-refractivity contribution in [3.05, 3.63) is 83.4 Å². The largest absolute Gasteiger partial charge is 0.458 e. The maximum absolute atomic E-state index is 12.6. The Hall–Kier alpha value is -3.74. The second-order valence-electron chi connectivity index (χ2n) is 6.82. The zero-order valence-electron chi connectivity index (χ0n) is 15.4. The van der Waals surface area contributed by atoms with Crippen LogP contribution in [0.5, 0.6) is 0 Å². The fourth-order valence-electron chi connectivity index (χ4n) is 3.47. The van der Waals surface area contributed by atoms with Gasteiger partial charge in [-0.25, -0.2) is 4.79 Å². The summed E-state index contributed by atoms with van der Waals surface area (Å²) in [6.07, 6.45) is 3.15. The van der Waals surface area contributed by atoms with Crippen molar-refractivity contribution in [2.45, 2.75) is 25.1 Å². The lowest BCUT2D eigenvalue weighted by molar-refractivity contribution is -0.139. The lowest BCUT2D eigenvalue weighted by atomic mass is 9.94. The number of nitrogens with zero attached hydrogens (tertiary/aromatic N) is 1. The maximum atomic E-state index is 12.6. The third-order valence-electron chi connectivity index (χ3n) is 4.95. The number of ether oxygens (including phenoxy) is 1. The lowest BCUT2D eigenvalue weighted by Crippen LogP contribution is -2.69. The van der Waals surface area contributed by atoms with E-state index in [1.165, 1.54) is 6.08 Å². The molecule has 2 heterocycles. The molecular weight excluding hydrogens is 372 g/mol. The second kappa shape index (κ2) is 7.71. The SMILES string of the molecule is O=C(C=CC[C@H]1NC(=O)[C@@H]1N1C(=O)c2ccccc2C1=O)OCc1ccccc1. The third-order valence-corrected chi connectivity index (χ3v) is 4.95. The molecule has 1 fully saturated rings. The highest BCUT2D eigenvalue weighted by molar-refractivity contribution is 6.23. The zero-order valence-corrected chi connectivity index (χ0v) is 15.4. The van der Waals surface area contributed by atoms with Gasteiger partial charge < -0.3 is 10.1 Å². The summed E-state index contributed by atoms with van der Waals surface area (Å²) in [7, 11) is 0. The molecule has 1 saturated heterocycles. The number of amides is 3. The number of nitrogens with one attached hydrogen (secondary N) is 1. The van der Waals surface area contributed by atoms with Crippen molar-refractivity contribution in [2.75, 3.05) is 0 Å². The molecule has 2 aromatic carbocycles. The van der Waals surface area contributed by atoms with Crippen LogP contribution in [-0.4, -0.2) is 40.7 Å². The standard InChI is InChI=1S/C22H18N2O5/c25-18(29-13-14-7-2-1-3-8-14)12-6-11-17-19(20(26)23-17)24-21(27)15-9-4-5-10-16(15)22(24)28/h1-10,12,17,19H,11,13H2,(H,23,26)/t17-,19-/m1/s1. The highest BCUT2D eigenvalue weighted by atomic mass is 16.5. The van der Waals surface area contributed by atoms with E-state index < -0.39 is 29.9 Å². The number of carbonyl (C=O) groups is 4. The molecule has 1 N–H and O–H groups in total. The summed E-state index contributed by atoms with van der Waals surface area (Å²) < 4.78 is 5.15. The van der Waals surface area contributed by atoms with Gasteiger partial charge in [0.25, 0.3) is 11.8 Å². The van der Waals surface area contributed by atoms with Gasteiger partial charge in [0, 0.05) is 6.08 Å². The number of carbonyl (C=O) groups excluding carboxylic acids is 4. The van der Waals surface area contributed by atoms with Gasteiger partial charge in [0.05, 0.1) is 17.2 Å². The molecule has 3 amide bonds. The molecule has 0 radical (unpaired) electrons. The lowest BCUT2D eigenvalue weighted by Gasteiger charge is -2.40. The molecule has 7 nitrogen and oxygen atoms in total. The maximum Gasteiger partial charge on any atom is 0.330 e. The molecule has 0 bridgehead atoms. The van der Waals surface area contributed by atoms with Crippen LogP contribution in [-0.2, 0) is 20.9 Å². The van der Waals surface area contributed by atoms with E-state index in [0.29, 0.717) is 17.5 Å². The molecular formula is C22H18N2O5. The summed E-state index contributed by atoms with van der Waals surface area (Å²) in [5, 5.41) is 2.68. The smallest absolute Gasteiger partial charge is 0.330 e. The van der Waals surface area contributed by atoms with Crippen molar-refractivity contribution in [1.29, 1.82) is 0 Å². The van der Waals surface area contributed by atoms with Gasteiger partial charge in [-0.3, -0.25) is 19.3 Å². The monoisotopic (exact) mass is 390 g/mol. The van der Waals surface area contributed by atoms with Crippen LogP contribution in [0.3, 0.4) is 0 Å². The van der Waals surface area contributed by atoms with E-state index >= 15 is 0 Å². The summed E-state index contributed by atoms with van der Waals surface area (Å²) in [6.45, 7) is 0.168. The minimum Gasteiger partial charge on any atom is -0.458 e. The van der Waals surface area contributed by atoms with Crippen LogP contribution in [0, 0.1) is 0 Å². The predicted octanol–water partition coefficient (Wildman–Crippen LogP) is 1.84. The minimum atomic E-state index is -0.882. The van der Waals surface area contributed by atoms with Crippen LogP contribution in [0.25, 0.3) is 0 Å². The molecule has 0 spiro atoms. The number of rotatable bonds is 6. The van der Waals surface area contributed by atoms with Crippen LogP contribution >= 0.6 is 0 Å². The van der Waals surface area contributed by atoms with Gasteiger partial charge >= 0.3 is 5.97 Å². The van der Waals surface area contributed by atoms with Crippen LogP contribution < -0.4 is 5.32 Å². The highest BCUT2D eigenvalue weighted by Crippen LogP contribution is 2.29. The summed E-state index contributed by atoms with van der Waals surface area (Å²) in [5.74, 6) is -1.83. The quantitative estimate of drug-likeness (QED) is 0.352. The number of hydrogen-bond acceptors (Lipinski definition) is 5. The Morgan fingerprint density at radius 2 is 1.59 bits per heavy atom. The zero-order chi connectivity index (χ0) is 20.4. The first-order chi connectivity index (χ1) is 14.1. The molecule has 0 aliphatic carbocycles. The van der Waals surface area contributed by atoms with Gasteiger partial charge in [0.15, 0.2) is 0 Å². The highest BCUT2D eigenvalue weighted by Gasteiger charge is 2.51. The predicted molar refractivity (Wildman–Crippen MR) is 103 cm³/mol. The van der Waals surface area contributed by atoms with E-state index in [0.717, 1.165) is 10.5 Å². The fraction of sp³-hybridized carbons (Fsp3) is 0.182. The molecule has 29 heavy (non-hydrogen) atoms. The third kappa shape index (κ3) is 3.54. The Morgan fingerprint density at radius 1 is 0.966 bits per heavy atom. The summed E-state index contributed by atoms with van der Waals surface area (Å²) in [4.78, 5) is 50.0. The Balaban J connectivity index is 1.35. The minimum absolute atomic E-state index is 0.168. The van der Waals surface area contributed by atoms with Gasteiger partial charge in [-0.05, 0) is 24.1 Å². The van der Waals surface area contributed by atoms with E-state index in [4.69, 9.17) is 4.74 Å². The Bertz CT molecular complexity index is 980. The van der Waals surface area contributed by atoms with Crippen molar-refractivity contribution < 1.29 is 23.9 Å². The number of β-lactam (4-membered cyclic amide) rings is 1. The summed E-state index contributed by atoms with van der Waals surface area (Å²) in [6, 6.07) is 14.5. The topological polar surface area (TPSA) is 92.8 Å². The first-order valence-electron chi connectivity index (χ1n) is 9.21. The molecule has 2 aromatic rings. The van der Waals surface area contributed by atoms with Gasteiger partial charge in [0.1, 0.15) is 12.6 Å². The van der Waals surface area contributed by atoms with Crippen molar-refractivity contribution >= 4 is 23.7 Å². The second-order valence-corrected chi connectivity index (χ2v) is 6.82. The van der Waals surface area contributed by atoms with Crippen molar-refractivity contribution in [3.63, 3.8) is 0 Å². The van der Waals surface area contributed by atoms with Crippen LogP contribution in [0.4, 0.5) is 0 Å². The van der Waals surface area contributed by atoms with E-state index in [1.54, 1.807) is 30.3 Å². The molecule has 4 rings (SSSR count). The average molecular weight is 390 g/mol. The molecule has 2 aliphatic rings. The molecule has 7 heteroatoms. The summed E-state index contributed by atoms with van der Waals surface area (Å²) in [5.41, 5.74) is 1.48. The number of imide groups is 1. The fourth-order valence-corrected chi connectivity index (χ4v) is 3.47. The van der Waals surface area contributed by atoms with Gasteiger partial charge in [-0.15, -0.1) is 0 Å². The van der Waals surface area contributed by atoms with E-state index in [9.17, 15) is 19.2 Å². The van der Waals surface area contributed by atoms with E-state index in [1.807, 2.05) is 30.3 Å². The van der Waals surface area contributed by atoms with Crippen molar-refractivity contribution in [2.24, 2.45) is 0 Å². The molecule has 2 atom stereocenters. The molecule has 0 unspecified atom stereocenters. The van der Waals surface area contributed by atoms with Crippen molar-refractivity contribution in [1.82, 2.24) is 10.2 Å². The molecule has 146 valence electrons. The molecule has 0 saturated carbocycles. The van der Waals surface area contributed by atoms with Gasteiger partial charge in [0.2, 0.25) is 5.91 Å². The Kier molecular flexibility index (Phi) is 4.95. The van der Waals surface area contributed by atoms with Crippen LogP contribution in [0.2, 0.25) is 0 Å². The first-order valence-corrected chi connectivity index (χ1v) is 9.21. The number of hydrogen-bond donors (Lipinski definition) is 1. The molecule has 2 aliphatic heterocycles. The average Bonchev–Trinajstić information content (AvgIpc) is 2.98. The Labute approximate surface area is 167 Å². The first kappa shape index (κ1) is 18.6. The van der Waals surface area contributed by atoms with Gasteiger partial charge in [-0.2, -0.15) is 0 Å². The van der Waals surface area contributed by atoms with Crippen LogP contribution in [0.1, 0.15) is 32.7 Å². The number of benzene rings is 2. The number of fused-ring (bicyclic) bond motifs is 1. The van der Waals surface area contributed by atoms with E-state index in [2.05, 4.69) is 5.32 Å². The van der Waals surface area contributed by atoms with Crippen molar-refractivity contribution in [3.8, 4) is 0 Å². The van der Waals surface area contributed by atoms with Crippen LogP contribution in [0.15, 0.2) is 66.7 Å². The molecule has 0 aromatic heterocycles. The normalized spacial score (nSPS) is 20.4. The number of esters is 1. The van der Waals surface area contributed by atoms with E-state index in [-0.39, 0.29) is 12.5 Å². The summed E-state index contributed by atoms with van der Waals surface area (Å²) >= 11 is 0.